The molecule has 2 aromatic rings. The summed E-state index contributed by atoms with van der Waals surface area (Å²) in [6.07, 6.45) is 1.58. The summed E-state index contributed by atoms with van der Waals surface area (Å²) in [6, 6.07) is 5.85. The number of nitrogens with zero attached hydrogens (tertiary/aromatic N) is 3. The average molecular weight is 383 g/mol. The Labute approximate surface area is 155 Å². The minimum Gasteiger partial charge on any atom is -0.354 e. The predicted molar refractivity (Wildman–Crippen MR) is 98.3 cm³/mol. The first-order chi connectivity index (χ1) is 11.9. The number of nitrogens with one attached hydrogen (secondary N) is 1. The summed E-state index contributed by atoms with van der Waals surface area (Å²) in [5, 5.41) is 2.62. The molecule has 0 saturated carbocycles. The fourth-order valence-electron chi connectivity index (χ4n) is 2.58. The first-order valence-electron chi connectivity index (χ1n) is 7.79. The van der Waals surface area contributed by atoms with Crippen molar-refractivity contribution in [2.45, 2.75) is 0 Å². The van der Waals surface area contributed by atoms with Crippen LogP contribution >= 0.6 is 23.2 Å². The normalized spacial score (nSPS) is 15.3. The second-order valence-corrected chi connectivity index (χ2v) is 6.71. The molecule has 1 aromatic heterocycles. The van der Waals surface area contributed by atoms with Gasteiger partial charge in [-0.2, -0.15) is 0 Å². The number of aromatic nitrogens is 1. The van der Waals surface area contributed by atoms with E-state index >= 15 is 0 Å². The van der Waals surface area contributed by atoms with E-state index in [0.29, 0.717) is 5.69 Å². The predicted octanol–water partition coefficient (Wildman–Crippen LogP) is 3.53. The molecular formula is C17H17Cl2FN4O. The van der Waals surface area contributed by atoms with Gasteiger partial charge in [-0.05, 0) is 31.3 Å². The molecule has 1 aliphatic heterocycles. The maximum Gasteiger partial charge on any atom is 0.257 e. The number of amides is 1. The number of hydrogen-bond acceptors (Lipinski definition) is 4. The Morgan fingerprint density at radius 1 is 1.16 bits per heavy atom. The van der Waals surface area contributed by atoms with E-state index in [1.165, 1.54) is 6.07 Å². The largest absolute Gasteiger partial charge is 0.354 e. The molecule has 1 amide bonds. The average Bonchev–Trinajstić information content (AvgIpc) is 2.59. The van der Waals surface area contributed by atoms with Gasteiger partial charge in [0.15, 0.2) is 0 Å². The first-order valence-corrected chi connectivity index (χ1v) is 8.55. The molecule has 0 bridgehead atoms. The van der Waals surface area contributed by atoms with Crippen LogP contribution in [0.25, 0.3) is 0 Å². The van der Waals surface area contributed by atoms with Crippen molar-refractivity contribution >= 4 is 40.6 Å². The Hall–Kier alpha value is -1.89. The van der Waals surface area contributed by atoms with Gasteiger partial charge in [0.2, 0.25) is 0 Å². The van der Waals surface area contributed by atoms with Crippen molar-refractivity contribution in [3.8, 4) is 0 Å². The van der Waals surface area contributed by atoms with Crippen LogP contribution in [0.4, 0.5) is 15.9 Å². The lowest BCUT2D eigenvalue weighted by molar-refractivity contribution is 0.102. The molecule has 1 fully saturated rings. The van der Waals surface area contributed by atoms with Crippen LogP contribution in [0.2, 0.25) is 10.0 Å². The van der Waals surface area contributed by atoms with Crippen molar-refractivity contribution in [3.63, 3.8) is 0 Å². The maximum atomic E-state index is 13.6. The van der Waals surface area contributed by atoms with Crippen molar-refractivity contribution < 1.29 is 9.18 Å². The van der Waals surface area contributed by atoms with E-state index in [-0.39, 0.29) is 15.6 Å². The minimum absolute atomic E-state index is 0.0201. The summed E-state index contributed by atoms with van der Waals surface area (Å²) in [5.74, 6) is -0.351. The number of likely N-dealkylation sites (N-methyl/N-ethyl adjacent to an activating group) is 1. The number of carbonyl (C=O) groups is 1. The minimum atomic E-state index is -0.695. The second kappa shape index (κ2) is 7.56. The molecule has 0 radical (unpaired) electrons. The van der Waals surface area contributed by atoms with E-state index in [9.17, 15) is 9.18 Å². The van der Waals surface area contributed by atoms with Crippen molar-refractivity contribution in [2.24, 2.45) is 0 Å². The van der Waals surface area contributed by atoms with E-state index in [4.69, 9.17) is 23.2 Å². The third-order valence-corrected chi connectivity index (χ3v) is 4.69. The number of anilines is 2. The van der Waals surface area contributed by atoms with E-state index in [1.807, 2.05) is 6.07 Å². The molecule has 8 heteroatoms. The van der Waals surface area contributed by atoms with Crippen LogP contribution < -0.4 is 10.2 Å². The molecule has 0 aliphatic carbocycles. The summed E-state index contributed by atoms with van der Waals surface area (Å²) in [5.41, 5.74) is 0.529. The molecule has 0 atom stereocenters. The van der Waals surface area contributed by atoms with Crippen molar-refractivity contribution in [1.82, 2.24) is 9.88 Å². The highest BCUT2D eigenvalue weighted by Gasteiger charge is 2.17. The smallest absolute Gasteiger partial charge is 0.257 e. The van der Waals surface area contributed by atoms with Crippen LogP contribution in [-0.2, 0) is 0 Å². The summed E-state index contributed by atoms with van der Waals surface area (Å²) >= 11 is 11.6. The highest BCUT2D eigenvalue weighted by molar-refractivity contribution is 6.37. The lowest BCUT2D eigenvalue weighted by Crippen LogP contribution is -2.44. The van der Waals surface area contributed by atoms with Crippen LogP contribution in [0.3, 0.4) is 0 Å². The van der Waals surface area contributed by atoms with Crippen LogP contribution in [0.1, 0.15) is 10.4 Å². The number of benzene rings is 1. The quantitative estimate of drug-likeness (QED) is 0.824. The van der Waals surface area contributed by atoms with E-state index < -0.39 is 11.7 Å². The van der Waals surface area contributed by atoms with Gasteiger partial charge in [0.1, 0.15) is 11.6 Å². The van der Waals surface area contributed by atoms with Crippen molar-refractivity contribution in [2.75, 3.05) is 43.4 Å². The fraction of sp³-hybridized carbons (Fsp3) is 0.294. The van der Waals surface area contributed by atoms with Gasteiger partial charge in [-0.15, -0.1) is 0 Å². The molecule has 2 heterocycles. The number of piperazine rings is 1. The fourth-order valence-corrected chi connectivity index (χ4v) is 3.05. The maximum absolute atomic E-state index is 13.6. The van der Waals surface area contributed by atoms with Gasteiger partial charge >= 0.3 is 0 Å². The highest BCUT2D eigenvalue weighted by Crippen LogP contribution is 2.25. The number of carbonyl (C=O) groups excluding carboxylic acids is 1. The number of pyridine rings is 1. The Balaban J connectivity index is 1.69. The molecule has 1 aromatic carbocycles. The van der Waals surface area contributed by atoms with Gasteiger partial charge in [-0.3, -0.25) is 4.79 Å². The van der Waals surface area contributed by atoms with Gasteiger partial charge in [-0.1, -0.05) is 23.2 Å². The van der Waals surface area contributed by atoms with E-state index in [0.717, 1.165) is 38.1 Å². The number of rotatable bonds is 3. The SMILES string of the molecule is CN1CCN(c2ccc(NC(=O)c3cc(F)c(Cl)cc3Cl)cn2)CC1. The molecule has 1 saturated heterocycles. The Morgan fingerprint density at radius 2 is 1.88 bits per heavy atom. The van der Waals surface area contributed by atoms with Gasteiger partial charge in [0, 0.05) is 26.2 Å². The monoisotopic (exact) mass is 382 g/mol. The topological polar surface area (TPSA) is 48.5 Å². The standard InChI is InChI=1S/C17H17Cl2FN4O/c1-23-4-6-24(7-5-23)16-3-2-11(10-21-16)22-17(25)12-8-15(20)14(19)9-13(12)18/h2-3,8-10H,4-7H2,1H3,(H,22,25). The van der Waals surface area contributed by atoms with Gasteiger partial charge in [0.25, 0.3) is 5.91 Å². The van der Waals surface area contributed by atoms with Crippen LogP contribution in [-0.4, -0.2) is 49.0 Å². The summed E-state index contributed by atoms with van der Waals surface area (Å²) in [4.78, 5) is 21.1. The molecule has 1 aliphatic rings. The van der Waals surface area contributed by atoms with Gasteiger partial charge < -0.3 is 15.1 Å². The zero-order chi connectivity index (χ0) is 18.0. The molecule has 132 valence electrons. The highest BCUT2D eigenvalue weighted by atomic mass is 35.5. The lowest BCUT2D eigenvalue weighted by Gasteiger charge is -2.33. The Morgan fingerprint density at radius 3 is 2.52 bits per heavy atom. The molecule has 3 rings (SSSR count). The van der Waals surface area contributed by atoms with Gasteiger partial charge in [0.05, 0.1) is 27.5 Å². The zero-order valence-electron chi connectivity index (χ0n) is 13.6. The van der Waals surface area contributed by atoms with Crippen molar-refractivity contribution in [1.29, 1.82) is 0 Å². The third-order valence-electron chi connectivity index (χ3n) is 4.09. The third kappa shape index (κ3) is 4.21. The van der Waals surface area contributed by atoms with Crippen LogP contribution in [0.5, 0.6) is 0 Å². The Bertz CT molecular complexity index is 777. The Kier molecular flexibility index (Phi) is 5.42. The molecule has 1 N–H and O–H groups in total. The number of hydrogen-bond donors (Lipinski definition) is 1. The molecule has 0 unspecified atom stereocenters. The molecule has 0 spiro atoms. The van der Waals surface area contributed by atoms with Gasteiger partial charge in [-0.25, -0.2) is 9.37 Å². The molecular weight excluding hydrogens is 366 g/mol. The van der Waals surface area contributed by atoms with Crippen LogP contribution in [0.15, 0.2) is 30.5 Å². The zero-order valence-corrected chi connectivity index (χ0v) is 15.1. The summed E-state index contributed by atoms with van der Waals surface area (Å²) in [6.45, 7) is 3.80. The first kappa shape index (κ1) is 17.9. The van der Waals surface area contributed by atoms with Crippen molar-refractivity contribution in [3.05, 3.63) is 51.9 Å². The van der Waals surface area contributed by atoms with E-state index in [1.54, 1.807) is 12.3 Å². The summed E-state index contributed by atoms with van der Waals surface area (Å²) in [7, 11) is 2.09. The summed E-state index contributed by atoms with van der Waals surface area (Å²) < 4.78 is 13.6. The van der Waals surface area contributed by atoms with E-state index in [2.05, 4.69) is 27.1 Å². The van der Waals surface area contributed by atoms with Crippen LogP contribution in [0, 0.1) is 5.82 Å². The second-order valence-electron chi connectivity index (χ2n) is 5.90. The number of halogens is 3. The molecule has 25 heavy (non-hydrogen) atoms. The lowest BCUT2D eigenvalue weighted by atomic mass is 10.2. The molecule has 5 nitrogen and oxygen atoms in total.